The highest BCUT2D eigenvalue weighted by molar-refractivity contribution is 7.26. The number of halogens is 1. The quantitative estimate of drug-likeness (QED) is 0.560. The van der Waals surface area contributed by atoms with E-state index in [2.05, 4.69) is 16.4 Å². The zero-order valence-corrected chi connectivity index (χ0v) is 15.1. The summed E-state index contributed by atoms with van der Waals surface area (Å²) in [6.45, 7) is 2.58. The van der Waals surface area contributed by atoms with Crippen LogP contribution in [0, 0.1) is 0 Å². The van der Waals surface area contributed by atoms with E-state index in [1.807, 2.05) is 31.2 Å². The molecule has 25 heavy (non-hydrogen) atoms. The predicted octanol–water partition coefficient (Wildman–Crippen LogP) is 4.32. The summed E-state index contributed by atoms with van der Waals surface area (Å²) in [6.07, 6.45) is 3.47. The van der Waals surface area contributed by atoms with Gasteiger partial charge in [0.05, 0.1) is 15.2 Å². The predicted molar refractivity (Wildman–Crippen MR) is 105 cm³/mol. The van der Waals surface area contributed by atoms with Crippen LogP contribution >= 0.6 is 22.9 Å². The first-order chi connectivity index (χ1) is 12.1. The molecule has 3 aromatic heterocycles. The minimum absolute atomic E-state index is 0.0207. The summed E-state index contributed by atoms with van der Waals surface area (Å²) < 4.78 is 2.08. The first-order valence-electron chi connectivity index (χ1n) is 7.92. The molecule has 1 aromatic carbocycles. The first kappa shape index (κ1) is 16.2. The molecule has 0 fully saturated rings. The lowest BCUT2D eigenvalue weighted by Crippen LogP contribution is -2.25. The molecule has 3 heterocycles. The Balaban J connectivity index is 2.00. The maximum atomic E-state index is 6.45. The second-order valence-electron chi connectivity index (χ2n) is 5.88. The molecule has 0 aliphatic heterocycles. The lowest BCUT2D eigenvalue weighted by molar-refractivity contribution is 0.778. The van der Waals surface area contributed by atoms with Gasteiger partial charge in [0.2, 0.25) is 0 Å². The van der Waals surface area contributed by atoms with Gasteiger partial charge in [-0.1, -0.05) is 17.7 Å². The Morgan fingerprint density at radius 2 is 2.00 bits per heavy atom. The third-order valence-electron chi connectivity index (χ3n) is 3.82. The number of nitrogens with one attached hydrogen (secondary N) is 1. The normalized spacial score (nSPS) is 12.6. The smallest absolute Gasteiger partial charge is 0.162 e. The molecule has 0 bridgehead atoms. The van der Waals surface area contributed by atoms with Crippen LogP contribution in [0.5, 0.6) is 0 Å². The highest BCUT2D eigenvalue weighted by Gasteiger charge is 2.16. The highest BCUT2D eigenvalue weighted by Crippen LogP contribution is 2.40. The van der Waals surface area contributed by atoms with Crippen LogP contribution in [-0.2, 0) is 0 Å². The van der Waals surface area contributed by atoms with Gasteiger partial charge in [0.25, 0.3) is 0 Å². The fraction of sp³-hybridized carbons (Fsp3) is 0.167. The number of nitrogens with two attached hydrogens (primary N) is 1. The average molecular weight is 370 g/mol. The van der Waals surface area contributed by atoms with E-state index in [4.69, 9.17) is 27.3 Å². The van der Waals surface area contributed by atoms with Crippen LogP contribution in [0.25, 0.3) is 31.7 Å². The molecule has 0 spiro atoms. The molecule has 5 nitrogen and oxygen atoms in total. The van der Waals surface area contributed by atoms with E-state index in [0.29, 0.717) is 17.4 Å². The van der Waals surface area contributed by atoms with Gasteiger partial charge in [0, 0.05) is 40.6 Å². The first-order valence-corrected chi connectivity index (χ1v) is 9.11. The Hall–Kier alpha value is -2.28. The number of fused-ring (bicyclic) bond motifs is 3. The van der Waals surface area contributed by atoms with Gasteiger partial charge >= 0.3 is 0 Å². The number of hydrogen-bond donors (Lipinski definition) is 2. The number of pyridine rings is 1. The third kappa shape index (κ3) is 3.04. The van der Waals surface area contributed by atoms with Gasteiger partial charge in [-0.2, -0.15) is 0 Å². The maximum absolute atomic E-state index is 6.45. The highest BCUT2D eigenvalue weighted by atomic mass is 35.5. The van der Waals surface area contributed by atoms with Crippen molar-refractivity contribution in [1.29, 1.82) is 0 Å². The van der Waals surface area contributed by atoms with Crippen LogP contribution in [0.15, 0.2) is 42.7 Å². The van der Waals surface area contributed by atoms with Crippen LogP contribution < -0.4 is 11.1 Å². The van der Waals surface area contributed by atoms with Crippen molar-refractivity contribution in [3.63, 3.8) is 0 Å². The van der Waals surface area contributed by atoms with E-state index >= 15 is 0 Å². The van der Waals surface area contributed by atoms with Crippen LogP contribution in [0.4, 0.5) is 5.82 Å². The maximum Gasteiger partial charge on any atom is 0.162 e. The molecule has 0 amide bonds. The van der Waals surface area contributed by atoms with Crippen molar-refractivity contribution >= 4 is 49.1 Å². The minimum Gasteiger partial charge on any atom is -0.367 e. The van der Waals surface area contributed by atoms with Crippen LogP contribution in [0.3, 0.4) is 0 Å². The summed E-state index contributed by atoms with van der Waals surface area (Å²) in [7, 11) is 0. The van der Waals surface area contributed by atoms with E-state index in [1.54, 1.807) is 23.7 Å². The van der Waals surface area contributed by atoms with Gasteiger partial charge in [-0.15, -0.1) is 11.3 Å². The molecule has 0 saturated heterocycles. The molecule has 7 heteroatoms. The van der Waals surface area contributed by atoms with Gasteiger partial charge < -0.3 is 11.1 Å². The lowest BCUT2D eigenvalue weighted by Gasteiger charge is -2.10. The van der Waals surface area contributed by atoms with Gasteiger partial charge in [-0.05, 0) is 31.2 Å². The Labute approximate surface area is 153 Å². The topological polar surface area (TPSA) is 76.7 Å². The molecule has 126 valence electrons. The summed E-state index contributed by atoms with van der Waals surface area (Å²) in [5.74, 6) is 1.42. The summed E-state index contributed by atoms with van der Waals surface area (Å²) in [6, 6.07) is 9.70. The summed E-state index contributed by atoms with van der Waals surface area (Å²) in [4.78, 5) is 13.6. The van der Waals surface area contributed by atoms with E-state index in [9.17, 15) is 0 Å². The summed E-state index contributed by atoms with van der Waals surface area (Å²) in [5, 5.41) is 5.01. The molecule has 4 aromatic rings. The SMILES string of the molecule is C[C@H](N)CNc1nc(-c2ccncc2)nc2c1sc1cccc(Cl)c12. The molecule has 4 rings (SSSR count). The molecule has 0 aliphatic rings. The van der Waals surface area contributed by atoms with Crippen LogP contribution in [0.1, 0.15) is 6.92 Å². The van der Waals surface area contributed by atoms with E-state index in [-0.39, 0.29) is 6.04 Å². The zero-order valence-electron chi connectivity index (χ0n) is 13.5. The molecular weight excluding hydrogens is 354 g/mol. The number of rotatable bonds is 4. The number of hydrogen-bond acceptors (Lipinski definition) is 6. The van der Waals surface area contributed by atoms with Gasteiger partial charge in [0.15, 0.2) is 5.82 Å². The van der Waals surface area contributed by atoms with Crippen molar-refractivity contribution < 1.29 is 0 Å². The largest absolute Gasteiger partial charge is 0.367 e. The number of thiophene rings is 1. The van der Waals surface area contributed by atoms with Crippen molar-refractivity contribution in [3.05, 3.63) is 47.7 Å². The molecule has 0 radical (unpaired) electrons. The third-order valence-corrected chi connectivity index (χ3v) is 5.29. The van der Waals surface area contributed by atoms with Gasteiger partial charge in [0.1, 0.15) is 5.82 Å². The van der Waals surface area contributed by atoms with E-state index < -0.39 is 0 Å². The number of benzene rings is 1. The molecular formula is C18H16ClN5S. The van der Waals surface area contributed by atoms with Crippen molar-refractivity contribution in [3.8, 4) is 11.4 Å². The average Bonchev–Trinajstić information content (AvgIpc) is 3.00. The summed E-state index contributed by atoms with van der Waals surface area (Å²) in [5.41, 5.74) is 7.67. The number of aromatic nitrogens is 3. The monoisotopic (exact) mass is 369 g/mol. The minimum atomic E-state index is 0.0207. The Bertz CT molecular complexity index is 1050. The van der Waals surface area contributed by atoms with Crippen molar-refractivity contribution in [1.82, 2.24) is 15.0 Å². The van der Waals surface area contributed by atoms with Crippen molar-refractivity contribution in [2.45, 2.75) is 13.0 Å². The molecule has 0 unspecified atom stereocenters. The lowest BCUT2D eigenvalue weighted by atomic mass is 10.2. The second-order valence-corrected chi connectivity index (χ2v) is 7.34. The summed E-state index contributed by atoms with van der Waals surface area (Å²) >= 11 is 8.08. The Morgan fingerprint density at radius 3 is 2.76 bits per heavy atom. The second kappa shape index (κ2) is 6.55. The molecule has 3 N–H and O–H groups in total. The fourth-order valence-corrected chi connectivity index (χ4v) is 4.11. The number of anilines is 1. The standard InChI is InChI=1S/C18H16ClN5S/c1-10(20)9-22-18-16-15(14-12(19)3-2-4-13(14)25-16)23-17(24-18)11-5-7-21-8-6-11/h2-8,10H,9,20H2,1H3,(H,22,23,24)/t10-/m0/s1. The number of nitrogens with zero attached hydrogens (tertiary/aromatic N) is 3. The molecule has 0 saturated carbocycles. The van der Waals surface area contributed by atoms with Gasteiger partial charge in [-0.25, -0.2) is 9.97 Å². The van der Waals surface area contributed by atoms with Gasteiger partial charge in [-0.3, -0.25) is 4.98 Å². The zero-order chi connectivity index (χ0) is 17.4. The van der Waals surface area contributed by atoms with Crippen LogP contribution in [-0.4, -0.2) is 27.5 Å². The van der Waals surface area contributed by atoms with E-state index in [0.717, 1.165) is 31.7 Å². The van der Waals surface area contributed by atoms with Crippen LogP contribution in [0.2, 0.25) is 5.02 Å². The Kier molecular flexibility index (Phi) is 4.25. The fourth-order valence-electron chi connectivity index (χ4n) is 2.65. The van der Waals surface area contributed by atoms with E-state index in [1.165, 1.54) is 0 Å². The van der Waals surface area contributed by atoms with Crippen molar-refractivity contribution in [2.75, 3.05) is 11.9 Å². The van der Waals surface area contributed by atoms with Crippen molar-refractivity contribution in [2.24, 2.45) is 5.73 Å². The Morgan fingerprint density at radius 1 is 1.20 bits per heavy atom. The molecule has 1 atom stereocenters. The molecule has 0 aliphatic carbocycles.